The van der Waals surface area contributed by atoms with Gasteiger partial charge in [-0.1, -0.05) is 22.0 Å². The molecule has 0 radical (unpaired) electrons. The zero-order valence-electron chi connectivity index (χ0n) is 10.2. The van der Waals surface area contributed by atoms with Gasteiger partial charge in [0.1, 0.15) is 0 Å². The first-order valence-corrected chi connectivity index (χ1v) is 7.74. The van der Waals surface area contributed by atoms with Gasteiger partial charge in [-0.05, 0) is 43.0 Å². The van der Waals surface area contributed by atoms with Crippen LogP contribution < -0.4 is 5.73 Å². The van der Waals surface area contributed by atoms with Gasteiger partial charge in [0.05, 0.1) is 5.69 Å². The van der Waals surface area contributed by atoms with Crippen LogP contribution in [-0.4, -0.2) is 4.98 Å². The molecule has 1 heterocycles. The first kappa shape index (κ1) is 12.2. The third kappa shape index (κ3) is 2.45. The fourth-order valence-electron chi connectivity index (χ4n) is 2.19. The van der Waals surface area contributed by atoms with Crippen LogP contribution in [0.2, 0.25) is 0 Å². The van der Waals surface area contributed by atoms with Crippen LogP contribution in [0, 0.1) is 6.92 Å². The Hall–Kier alpha value is -0.870. The number of rotatable bonds is 3. The summed E-state index contributed by atoms with van der Waals surface area (Å²) in [6.07, 6.45) is 3.49. The Morgan fingerprint density at radius 1 is 1.44 bits per heavy atom. The lowest BCUT2D eigenvalue weighted by molar-refractivity contribution is 1.01. The van der Waals surface area contributed by atoms with Crippen molar-refractivity contribution in [2.75, 3.05) is 5.73 Å². The number of halogens is 1. The average Bonchev–Trinajstić information content (AvgIpc) is 3.09. The van der Waals surface area contributed by atoms with E-state index in [0.29, 0.717) is 11.0 Å². The summed E-state index contributed by atoms with van der Waals surface area (Å²) in [4.78, 5) is 5.85. The van der Waals surface area contributed by atoms with E-state index in [4.69, 9.17) is 5.73 Å². The lowest BCUT2D eigenvalue weighted by atomic mass is 10.0. The van der Waals surface area contributed by atoms with Crippen molar-refractivity contribution in [2.24, 2.45) is 0 Å². The van der Waals surface area contributed by atoms with E-state index in [9.17, 15) is 0 Å². The normalized spacial score (nSPS) is 15.0. The van der Waals surface area contributed by atoms with Crippen molar-refractivity contribution in [1.29, 1.82) is 0 Å². The summed E-state index contributed by atoms with van der Waals surface area (Å²) in [5.41, 5.74) is 9.79. The fourth-order valence-corrected chi connectivity index (χ4v) is 3.54. The molecular formula is C14H15BrN2S. The van der Waals surface area contributed by atoms with Crippen molar-refractivity contribution in [3.05, 3.63) is 44.4 Å². The molecule has 18 heavy (non-hydrogen) atoms. The van der Waals surface area contributed by atoms with Gasteiger partial charge >= 0.3 is 0 Å². The predicted molar refractivity (Wildman–Crippen MR) is 80.2 cm³/mol. The average molecular weight is 323 g/mol. The Labute approximate surface area is 119 Å². The maximum Gasteiger partial charge on any atom is 0.180 e. The molecule has 4 heteroatoms. The van der Waals surface area contributed by atoms with Crippen molar-refractivity contribution in [3.63, 3.8) is 0 Å². The minimum absolute atomic E-state index is 0.668. The van der Waals surface area contributed by atoms with Crippen LogP contribution in [0.1, 0.15) is 40.5 Å². The number of thiazole rings is 1. The summed E-state index contributed by atoms with van der Waals surface area (Å²) >= 11 is 5.18. The number of benzene rings is 1. The van der Waals surface area contributed by atoms with E-state index in [1.807, 2.05) is 0 Å². The number of hydrogen-bond donors (Lipinski definition) is 1. The Morgan fingerprint density at radius 3 is 2.94 bits per heavy atom. The lowest BCUT2D eigenvalue weighted by Gasteiger charge is -2.06. The Kier molecular flexibility index (Phi) is 3.16. The number of aryl methyl sites for hydroxylation is 1. The van der Waals surface area contributed by atoms with Gasteiger partial charge < -0.3 is 5.73 Å². The van der Waals surface area contributed by atoms with Gasteiger partial charge in [0.2, 0.25) is 0 Å². The molecule has 2 N–H and O–H groups in total. The molecule has 2 nitrogen and oxygen atoms in total. The second kappa shape index (κ2) is 4.67. The van der Waals surface area contributed by atoms with Gasteiger partial charge in [-0.3, -0.25) is 0 Å². The van der Waals surface area contributed by atoms with E-state index in [2.05, 4.69) is 46.0 Å². The Morgan fingerprint density at radius 2 is 2.22 bits per heavy atom. The molecule has 0 spiro atoms. The first-order chi connectivity index (χ1) is 8.63. The molecule has 0 atom stereocenters. The minimum Gasteiger partial charge on any atom is -0.375 e. The molecule has 0 saturated heterocycles. The number of nitrogen functional groups attached to an aromatic ring is 1. The maximum atomic E-state index is 5.86. The summed E-state index contributed by atoms with van der Waals surface area (Å²) in [6, 6.07) is 6.43. The van der Waals surface area contributed by atoms with Gasteiger partial charge in [-0.25, -0.2) is 4.98 Å². The van der Waals surface area contributed by atoms with Crippen LogP contribution in [-0.2, 0) is 6.42 Å². The SMILES string of the molecule is Cc1ccc(Br)cc1Cc1sc(N)nc1C1CC1. The van der Waals surface area contributed by atoms with Crippen LogP contribution in [0.5, 0.6) is 0 Å². The third-order valence-corrected chi connectivity index (χ3v) is 4.76. The summed E-state index contributed by atoms with van der Waals surface area (Å²) in [7, 11) is 0. The molecule has 94 valence electrons. The molecule has 0 amide bonds. The van der Waals surface area contributed by atoms with Crippen LogP contribution in [0.3, 0.4) is 0 Å². The zero-order chi connectivity index (χ0) is 12.7. The molecule has 1 aromatic heterocycles. The van der Waals surface area contributed by atoms with Crippen molar-refractivity contribution >= 4 is 32.4 Å². The van der Waals surface area contributed by atoms with Gasteiger partial charge in [-0.15, -0.1) is 11.3 Å². The predicted octanol–water partition coefficient (Wildman–Crippen LogP) is 4.26. The van der Waals surface area contributed by atoms with Crippen LogP contribution in [0.15, 0.2) is 22.7 Å². The van der Waals surface area contributed by atoms with Crippen LogP contribution in [0.25, 0.3) is 0 Å². The third-order valence-electron chi connectivity index (χ3n) is 3.37. The summed E-state index contributed by atoms with van der Waals surface area (Å²) in [6.45, 7) is 2.16. The van der Waals surface area contributed by atoms with E-state index in [-0.39, 0.29) is 0 Å². The van der Waals surface area contributed by atoms with E-state index in [1.165, 1.54) is 34.5 Å². The van der Waals surface area contributed by atoms with Crippen molar-refractivity contribution in [3.8, 4) is 0 Å². The second-order valence-corrected chi connectivity index (χ2v) is 6.91. The molecular weight excluding hydrogens is 308 g/mol. The van der Waals surface area contributed by atoms with Gasteiger partial charge in [-0.2, -0.15) is 0 Å². The monoisotopic (exact) mass is 322 g/mol. The Bertz CT molecular complexity index is 587. The molecule has 2 aromatic rings. The maximum absolute atomic E-state index is 5.86. The molecule has 1 aromatic carbocycles. The van der Waals surface area contributed by atoms with E-state index < -0.39 is 0 Å². The quantitative estimate of drug-likeness (QED) is 0.916. The highest BCUT2D eigenvalue weighted by Crippen LogP contribution is 2.43. The molecule has 0 unspecified atom stereocenters. The van der Waals surface area contributed by atoms with Gasteiger partial charge in [0.15, 0.2) is 5.13 Å². The molecule has 1 aliphatic carbocycles. The molecule has 0 bridgehead atoms. The standard InChI is InChI=1S/C14H15BrN2S/c1-8-2-5-11(15)6-10(8)7-12-13(9-3-4-9)17-14(16)18-12/h2,5-6,9H,3-4,7H2,1H3,(H2,16,17). The van der Waals surface area contributed by atoms with Crippen LogP contribution >= 0.6 is 27.3 Å². The molecule has 0 aliphatic heterocycles. The fraction of sp³-hybridized carbons (Fsp3) is 0.357. The smallest absolute Gasteiger partial charge is 0.180 e. The van der Waals surface area contributed by atoms with E-state index in [0.717, 1.165) is 10.9 Å². The number of hydrogen-bond acceptors (Lipinski definition) is 3. The number of anilines is 1. The first-order valence-electron chi connectivity index (χ1n) is 6.13. The number of nitrogens with two attached hydrogens (primary N) is 1. The lowest BCUT2D eigenvalue weighted by Crippen LogP contribution is -1.94. The topological polar surface area (TPSA) is 38.9 Å². The largest absolute Gasteiger partial charge is 0.375 e. The molecule has 1 fully saturated rings. The van der Waals surface area contributed by atoms with Gasteiger partial charge in [0, 0.05) is 21.7 Å². The highest BCUT2D eigenvalue weighted by Gasteiger charge is 2.29. The van der Waals surface area contributed by atoms with Crippen molar-refractivity contribution in [2.45, 2.75) is 32.1 Å². The Balaban J connectivity index is 1.94. The molecule has 1 saturated carbocycles. The summed E-state index contributed by atoms with van der Waals surface area (Å²) < 4.78 is 1.13. The highest BCUT2D eigenvalue weighted by atomic mass is 79.9. The second-order valence-electron chi connectivity index (χ2n) is 4.88. The highest BCUT2D eigenvalue weighted by molar-refractivity contribution is 9.10. The molecule has 3 rings (SSSR count). The van der Waals surface area contributed by atoms with E-state index in [1.54, 1.807) is 11.3 Å². The number of aromatic nitrogens is 1. The zero-order valence-corrected chi connectivity index (χ0v) is 12.6. The van der Waals surface area contributed by atoms with Crippen molar-refractivity contribution in [1.82, 2.24) is 4.98 Å². The summed E-state index contributed by atoms with van der Waals surface area (Å²) in [5, 5.41) is 0.708. The van der Waals surface area contributed by atoms with Crippen LogP contribution in [0.4, 0.5) is 5.13 Å². The van der Waals surface area contributed by atoms with Gasteiger partial charge in [0.25, 0.3) is 0 Å². The number of nitrogens with zero attached hydrogens (tertiary/aromatic N) is 1. The molecule has 1 aliphatic rings. The van der Waals surface area contributed by atoms with E-state index >= 15 is 0 Å². The minimum atomic E-state index is 0.668. The van der Waals surface area contributed by atoms with Crippen molar-refractivity contribution < 1.29 is 0 Å². The summed E-state index contributed by atoms with van der Waals surface area (Å²) in [5.74, 6) is 0.668.